The van der Waals surface area contributed by atoms with Gasteiger partial charge >= 0.3 is 0 Å². The summed E-state index contributed by atoms with van der Waals surface area (Å²) in [5, 5.41) is 13.5. The summed E-state index contributed by atoms with van der Waals surface area (Å²) in [5.41, 5.74) is 6.17. The summed E-state index contributed by atoms with van der Waals surface area (Å²) in [6.45, 7) is 2.96. The number of aromatic nitrogens is 3. The standard InChI is InChI=1S/C33H31N5O4S/c1-3-41-28-17-15-27(16-18-28)38-32(26-12-8-5-9-13-26)36-37-33(38)43-23-31(39)35-34-21-25-14-19-29(30(20-25)40-2)42-22-24-10-6-4-7-11-24/h4-21H,3,22-23H2,1-2H3,(H,35,39)/b34-21-. The minimum Gasteiger partial charge on any atom is -0.494 e. The third-order valence-electron chi connectivity index (χ3n) is 6.23. The molecule has 0 radical (unpaired) electrons. The number of amides is 1. The number of hydrazone groups is 1. The van der Waals surface area contributed by atoms with Crippen LogP contribution in [-0.2, 0) is 11.4 Å². The van der Waals surface area contributed by atoms with Crippen LogP contribution in [0, 0.1) is 0 Å². The number of nitrogens with one attached hydrogen (secondary N) is 1. The van der Waals surface area contributed by atoms with Gasteiger partial charge in [0.25, 0.3) is 5.91 Å². The van der Waals surface area contributed by atoms with E-state index in [2.05, 4.69) is 20.7 Å². The van der Waals surface area contributed by atoms with Crippen LogP contribution in [0.15, 0.2) is 113 Å². The van der Waals surface area contributed by atoms with E-state index in [1.165, 1.54) is 11.8 Å². The van der Waals surface area contributed by atoms with Gasteiger partial charge in [-0.1, -0.05) is 72.4 Å². The third-order valence-corrected chi connectivity index (χ3v) is 7.16. The third kappa shape index (κ3) is 7.81. The van der Waals surface area contributed by atoms with Gasteiger partial charge in [0.1, 0.15) is 12.4 Å². The summed E-state index contributed by atoms with van der Waals surface area (Å²) in [6.07, 6.45) is 1.56. The fourth-order valence-corrected chi connectivity index (χ4v) is 4.93. The molecule has 218 valence electrons. The average Bonchev–Trinajstić information content (AvgIpc) is 3.48. The van der Waals surface area contributed by atoms with Crippen LogP contribution in [0.4, 0.5) is 0 Å². The first-order valence-electron chi connectivity index (χ1n) is 13.7. The molecule has 0 unspecified atom stereocenters. The van der Waals surface area contributed by atoms with E-state index < -0.39 is 0 Å². The second-order valence-corrected chi connectivity index (χ2v) is 10.1. The molecule has 1 N–H and O–H groups in total. The average molecular weight is 594 g/mol. The van der Waals surface area contributed by atoms with Crippen molar-refractivity contribution in [3.8, 4) is 34.3 Å². The lowest BCUT2D eigenvalue weighted by Gasteiger charge is -2.11. The van der Waals surface area contributed by atoms with Crippen LogP contribution < -0.4 is 19.6 Å². The van der Waals surface area contributed by atoms with Crippen LogP contribution in [0.2, 0.25) is 0 Å². The molecular weight excluding hydrogens is 562 g/mol. The summed E-state index contributed by atoms with van der Waals surface area (Å²) in [4.78, 5) is 12.7. The molecule has 9 nitrogen and oxygen atoms in total. The van der Waals surface area contributed by atoms with Crippen molar-refractivity contribution >= 4 is 23.9 Å². The van der Waals surface area contributed by atoms with Crippen molar-refractivity contribution in [3.05, 3.63) is 114 Å². The van der Waals surface area contributed by atoms with Crippen molar-refractivity contribution in [3.63, 3.8) is 0 Å². The lowest BCUT2D eigenvalue weighted by molar-refractivity contribution is -0.118. The summed E-state index contributed by atoms with van der Waals surface area (Å²) in [5.74, 6) is 2.46. The van der Waals surface area contributed by atoms with Crippen LogP contribution in [0.1, 0.15) is 18.1 Å². The number of benzene rings is 4. The van der Waals surface area contributed by atoms with Gasteiger partial charge in [-0.05, 0) is 60.5 Å². The number of hydrogen-bond donors (Lipinski definition) is 1. The van der Waals surface area contributed by atoms with Crippen LogP contribution >= 0.6 is 11.8 Å². The van der Waals surface area contributed by atoms with Crippen molar-refractivity contribution in [1.82, 2.24) is 20.2 Å². The molecule has 0 spiro atoms. The van der Waals surface area contributed by atoms with E-state index >= 15 is 0 Å². The molecule has 0 aliphatic rings. The Balaban J connectivity index is 1.22. The molecule has 5 aromatic rings. The van der Waals surface area contributed by atoms with Gasteiger partial charge in [-0.2, -0.15) is 5.10 Å². The van der Waals surface area contributed by atoms with Gasteiger partial charge < -0.3 is 14.2 Å². The quantitative estimate of drug-likeness (QED) is 0.0991. The van der Waals surface area contributed by atoms with Crippen molar-refractivity contribution < 1.29 is 19.0 Å². The zero-order chi connectivity index (χ0) is 29.9. The second-order valence-electron chi connectivity index (χ2n) is 9.20. The molecule has 4 aromatic carbocycles. The fraction of sp³-hybridized carbons (Fsp3) is 0.152. The highest BCUT2D eigenvalue weighted by Gasteiger charge is 2.17. The van der Waals surface area contributed by atoms with Gasteiger partial charge in [0, 0.05) is 11.3 Å². The molecular formula is C33H31N5O4S. The van der Waals surface area contributed by atoms with E-state index in [-0.39, 0.29) is 11.7 Å². The Morgan fingerprint density at radius 3 is 2.37 bits per heavy atom. The minimum atomic E-state index is -0.279. The summed E-state index contributed by atoms with van der Waals surface area (Å²) in [7, 11) is 1.58. The van der Waals surface area contributed by atoms with E-state index in [1.807, 2.05) is 109 Å². The monoisotopic (exact) mass is 593 g/mol. The summed E-state index contributed by atoms with van der Waals surface area (Å²) in [6, 6.07) is 32.9. The van der Waals surface area contributed by atoms with Crippen molar-refractivity contribution in [2.75, 3.05) is 19.5 Å². The van der Waals surface area contributed by atoms with Crippen LogP contribution in [0.5, 0.6) is 17.2 Å². The molecule has 0 atom stereocenters. The van der Waals surface area contributed by atoms with E-state index in [9.17, 15) is 4.79 Å². The molecule has 0 fully saturated rings. The van der Waals surface area contributed by atoms with E-state index in [4.69, 9.17) is 14.2 Å². The van der Waals surface area contributed by atoms with Crippen molar-refractivity contribution in [2.45, 2.75) is 18.7 Å². The van der Waals surface area contributed by atoms with Crippen LogP contribution in [0.3, 0.4) is 0 Å². The normalized spacial score (nSPS) is 10.9. The van der Waals surface area contributed by atoms with Gasteiger partial charge in [0.15, 0.2) is 22.5 Å². The van der Waals surface area contributed by atoms with Gasteiger partial charge in [-0.25, -0.2) is 5.43 Å². The molecule has 0 aliphatic heterocycles. The Labute approximate surface area is 254 Å². The zero-order valence-electron chi connectivity index (χ0n) is 23.8. The number of nitrogens with zero attached hydrogens (tertiary/aromatic N) is 4. The highest BCUT2D eigenvalue weighted by Crippen LogP contribution is 2.30. The second kappa shape index (κ2) is 14.7. The van der Waals surface area contributed by atoms with Crippen molar-refractivity contribution in [1.29, 1.82) is 0 Å². The highest BCUT2D eigenvalue weighted by molar-refractivity contribution is 7.99. The first-order chi connectivity index (χ1) is 21.1. The Morgan fingerprint density at radius 1 is 0.907 bits per heavy atom. The minimum absolute atomic E-state index is 0.0941. The molecule has 0 aliphatic carbocycles. The largest absolute Gasteiger partial charge is 0.494 e. The molecule has 10 heteroatoms. The number of carbonyl (C=O) groups is 1. The number of methoxy groups -OCH3 is 1. The highest BCUT2D eigenvalue weighted by atomic mass is 32.2. The summed E-state index contributed by atoms with van der Waals surface area (Å²) < 4.78 is 18.9. The summed E-state index contributed by atoms with van der Waals surface area (Å²) >= 11 is 1.27. The SMILES string of the molecule is CCOc1ccc(-n2c(SCC(=O)N/N=C\c3ccc(OCc4ccccc4)c(OC)c3)nnc2-c2ccccc2)cc1. The number of carbonyl (C=O) groups excluding carboxylic acids is 1. The molecule has 5 rings (SSSR count). The number of rotatable bonds is 13. The molecule has 1 amide bonds. The molecule has 0 bridgehead atoms. The Bertz CT molecular complexity index is 1660. The lowest BCUT2D eigenvalue weighted by atomic mass is 10.2. The molecule has 0 saturated carbocycles. The van der Waals surface area contributed by atoms with E-state index in [1.54, 1.807) is 19.4 Å². The Morgan fingerprint density at radius 2 is 1.65 bits per heavy atom. The van der Waals surface area contributed by atoms with Gasteiger partial charge in [-0.3, -0.25) is 9.36 Å². The number of hydrogen-bond acceptors (Lipinski definition) is 8. The van der Waals surface area contributed by atoms with E-state index in [0.717, 1.165) is 28.1 Å². The smallest absolute Gasteiger partial charge is 0.250 e. The molecule has 43 heavy (non-hydrogen) atoms. The number of thioether (sulfide) groups is 1. The fourth-order valence-electron chi connectivity index (χ4n) is 4.19. The maximum absolute atomic E-state index is 12.7. The Hall–Kier alpha value is -5.09. The zero-order valence-corrected chi connectivity index (χ0v) is 24.7. The topological polar surface area (TPSA) is 99.9 Å². The first-order valence-corrected chi connectivity index (χ1v) is 14.7. The number of ether oxygens (including phenoxy) is 3. The van der Waals surface area contributed by atoms with Crippen LogP contribution in [0.25, 0.3) is 17.1 Å². The van der Waals surface area contributed by atoms with Gasteiger partial charge in [-0.15, -0.1) is 10.2 Å². The maximum Gasteiger partial charge on any atom is 0.250 e. The van der Waals surface area contributed by atoms with Gasteiger partial charge in [0.2, 0.25) is 0 Å². The van der Waals surface area contributed by atoms with Gasteiger partial charge in [0.05, 0.1) is 25.7 Å². The van der Waals surface area contributed by atoms with Crippen LogP contribution in [-0.4, -0.2) is 46.4 Å². The predicted octanol–water partition coefficient (Wildman–Crippen LogP) is 6.16. The molecule has 0 saturated heterocycles. The molecule has 1 aromatic heterocycles. The predicted molar refractivity (Wildman–Crippen MR) is 168 cm³/mol. The Kier molecular flexibility index (Phi) is 10.0. The molecule has 1 heterocycles. The van der Waals surface area contributed by atoms with Crippen molar-refractivity contribution in [2.24, 2.45) is 5.10 Å². The maximum atomic E-state index is 12.7. The lowest BCUT2D eigenvalue weighted by Crippen LogP contribution is -2.20. The first kappa shape index (κ1) is 29.4. The van der Waals surface area contributed by atoms with E-state index in [0.29, 0.717) is 35.7 Å².